The molecule has 3 aromatic rings. The highest BCUT2D eigenvalue weighted by Gasteiger charge is 2.18. The minimum absolute atomic E-state index is 0.329. The van der Waals surface area contributed by atoms with Crippen LogP contribution in [0.15, 0.2) is 42.3 Å². The molecule has 1 aliphatic heterocycles. The van der Waals surface area contributed by atoms with Gasteiger partial charge in [0.15, 0.2) is 0 Å². The Bertz CT molecular complexity index is 837. The number of pyridine rings is 1. The molecule has 0 radical (unpaired) electrons. The Kier molecular flexibility index (Phi) is 5.43. The Morgan fingerprint density at radius 2 is 2.19 bits per heavy atom. The predicted molar refractivity (Wildman–Crippen MR) is 105 cm³/mol. The van der Waals surface area contributed by atoms with Crippen molar-refractivity contribution in [3.05, 3.63) is 47.9 Å². The summed E-state index contributed by atoms with van der Waals surface area (Å²) in [4.78, 5) is 10.2. The zero-order chi connectivity index (χ0) is 17.8. The molecular formula is C20H24N4OS. The van der Waals surface area contributed by atoms with Crippen molar-refractivity contribution in [2.45, 2.75) is 32.4 Å². The Balaban J connectivity index is 1.58. The monoisotopic (exact) mass is 368 g/mol. The maximum atomic E-state index is 5.82. The lowest BCUT2D eigenvalue weighted by Gasteiger charge is -2.23. The number of imidazole rings is 1. The average molecular weight is 369 g/mol. The maximum Gasteiger partial charge on any atom is 0.106 e. The van der Waals surface area contributed by atoms with Crippen LogP contribution in [0.3, 0.4) is 0 Å². The van der Waals surface area contributed by atoms with E-state index in [2.05, 4.69) is 45.4 Å². The average Bonchev–Trinajstić information content (AvgIpc) is 3.29. The summed E-state index contributed by atoms with van der Waals surface area (Å²) in [6, 6.07) is 6.28. The number of morpholine rings is 1. The third-order valence-electron chi connectivity index (χ3n) is 4.80. The topological polar surface area (TPSA) is 52.0 Å². The van der Waals surface area contributed by atoms with E-state index in [4.69, 9.17) is 9.72 Å². The van der Waals surface area contributed by atoms with Gasteiger partial charge in [0.1, 0.15) is 5.69 Å². The molecule has 136 valence electrons. The molecule has 5 nitrogen and oxygen atoms in total. The van der Waals surface area contributed by atoms with E-state index in [0.717, 1.165) is 50.3 Å². The molecule has 0 spiro atoms. The summed E-state index contributed by atoms with van der Waals surface area (Å²) in [6.45, 7) is 5.83. The Labute approximate surface area is 158 Å². The first kappa shape index (κ1) is 17.4. The molecule has 1 atom stereocenters. The van der Waals surface area contributed by atoms with Gasteiger partial charge in [-0.1, -0.05) is 0 Å². The summed E-state index contributed by atoms with van der Waals surface area (Å²) >= 11 is 1.75. The summed E-state index contributed by atoms with van der Waals surface area (Å²) in [7, 11) is 0. The third kappa shape index (κ3) is 3.72. The number of ether oxygens (including phenoxy) is 1. The van der Waals surface area contributed by atoms with E-state index in [0.29, 0.717) is 6.10 Å². The van der Waals surface area contributed by atoms with Gasteiger partial charge in [0.2, 0.25) is 0 Å². The third-order valence-corrected chi connectivity index (χ3v) is 5.82. The van der Waals surface area contributed by atoms with E-state index in [1.54, 1.807) is 11.3 Å². The van der Waals surface area contributed by atoms with Gasteiger partial charge >= 0.3 is 0 Å². The minimum Gasteiger partial charge on any atom is -0.376 e. The second-order valence-corrected chi connectivity index (χ2v) is 7.56. The Hall–Kier alpha value is -2.02. The standard InChI is InChI=1S/C20H24N4OS/c1-15-6-12-26-20(15)18-19(16-4-7-21-8-5-16)24(14-23-18)10-2-3-17-13-22-9-11-25-17/h4-8,12,14,17,22H,2-3,9-11,13H2,1H3. The molecule has 0 aliphatic carbocycles. The van der Waals surface area contributed by atoms with Gasteiger partial charge in [0.25, 0.3) is 0 Å². The van der Waals surface area contributed by atoms with E-state index < -0.39 is 0 Å². The fraction of sp³-hybridized carbons (Fsp3) is 0.400. The van der Waals surface area contributed by atoms with Crippen molar-refractivity contribution in [1.82, 2.24) is 19.9 Å². The van der Waals surface area contributed by atoms with Crippen molar-refractivity contribution in [2.75, 3.05) is 19.7 Å². The summed E-state index contributed by atoms with van der Waals surface area (Å²) in [5, 5.41) is 5.53. The maximum absolute atomic E-state index is 5.82. The number of thiophene rings is 1. The van der Waals surface area contributed by atoms with Crippen molar-refractivity contribution in [1.29, 1.82) is 0 Å². The Morgan fingerprint density at radius 1 is 1.31 bits per heavy atom. The molecule has 1 fully saturated rings. The molecule has 26 heavy (non-hydrogen) atoms. The highest BCUT2D eigenvalue weighted by molar-refractivity contribution is 7.13. The quantitative estimate of drug-likeness (QED) is 0.720. The lowest BCUT2D eigenvalue weighted by molar-refractivity contribution is 0.0218. The van der Waals surface area contributed by atoms with E-state index >= 15 is 0 Å². The first-order chi connectivity index (χ1) is 12.8. The van der Waals surface area contributed by atoms with Crippen LogP contribution in [0.1, 0.15) is 18.4 Å². The molecule has 1 N–H and O–H groups in total. The van der Waals surface area contributed by atoms with Gasteiger partial charge in [-0.2, -0.15) is 0 Å². The molecule has 3 aromatic heterocycles. The molecule has 1 saturated heterocycles. The number of nitrogens with one attached hydrogen (secondary N) is 1. The van der Waals surface area contributed by atoms with Gasteiger partial charge in [-0.05, 0) is 48.9 Å². The molecule has 0 aromatic carbocycles. The zero-order valence-electron chi connectivity index (χ0n) is 15.0. The molecule has 0 saturated carbocycles. The molecule has 4 heterocycles. The first-order valence-corrected chi connectivity index (χ1v) is 10.0. The van der Waals surface area contributed by atoms with Crippen molar-refractivity contribution in [3.63, 3.8) is 0 Å². The number of aryl methyl sites for hydroxylation is 2. The normalized spacial score (nSPS) is 17.5. The van der Waals surface area contributed by atoms with Crippen LogP contribution < -0.4 is 5.32 Å². The summed E-state index contributed by atoms with van der Waals surface area (Å²) < 4.78 is 8.09. The predicted octanol–water partition coefficient (Wildman–Crippen LogP) is 3.75. The molecule has 1 unspecified atom stereocenters. The highest BCUT2D eigenvalue weighted by atomic mass is 32.1. The van der Waals surface area contributed by atoms with Gasteiger partial charge in [0, 0.05) is 37.6 Å². The van der Waals surface area contributed by atoms with Crippen LogP contribution in [0, 0.1) is 6.92 Å². The number of nitrogens with zero attached hydrogens (tertiary/aromatic N) is 3. The smallest absolute Gasteiger partial charge is 0.106 e. The minimum atomic E-state index is 0.329. The highest BCUT2D eigenvalue weighted by Crippen LogP contribution is 2.36. The Morgan fingerprint density at radius 3 is 2.92 bits per heavy atom. The fourth-order valence-corrected chi connectivity index (χ4v) is 4.36. The van der Waals surface area contributed by atoms with E-state index in [1.165, 1.54) is 16.1 Å². The molecule has 4 rings (SSSR count). The van der Waals surface area contributed by atoms with Crippen LogP contribution in [-0.2, 0) is 11.3 Å². The lowest BCUT2D eigenvalue weighted by Crippen LogP contribution is -2.38. The van der Waals surface area contributed by atoms with Crippen LogP contribution >= 0.6 is 11.3 Å². The van der Waals surface area contributed by atoms with Gasteiger partial charge < -0.3 is 14.6 Å². The van der Waals surface area contributed by atoms with E-state index in [9.17, 15) is 0 Å². The van der Waals surface area contributed by atoms with E-state index in [-0.39, 0.29) is 0 Å². The molecule has 0 bridgehead atoms. The number of aromatic nitrogens is 3. The van der Waals surface area contributed by atoms with Crippen molar-refractivity contribution in [2.24, 2.45) is 0 Å². The summed E-state index contributed by atoms with van der Waals surface area (Å²) in [6.07, 6.45) is 8.14. The zero-order valence-corrected chi connectivity index (χ0v) is 15.8. The SMILES string of the molecule is Cc1ccsc1-c1ncn(CCCC2CNCCO2)c1-c1ccncc1. The van der Waals surface area contributed by atoms with Crippen LogP contribution in [-0.4, -0.2) is 40.3 Å². The summed E-state index contributed by atoms with van der Waals surface area (Å²) in [5.74, 6) is 0. The second-order valence-electron chi connectivity index (χ2n) is 6.64. The molecular weight excluding hydrogens is 344 g/mol. The molecule has 1 aliphatic rings. The second kappa shape index (κ2) is 8.12. The fourth-order valence-electron chi connectivity index (χ4n) is 3.44. The number of rotatable bonds is 6. The molecule has 6 heteroatoms. The van der Waals surface area contributed by atoms with Gasteiger partial charge in [0.05, 0.1) is 29.6 Å². The van der Waals surface area contributed by atoms with Gasteiger partial charge in [-0.3, -0.25) is 4.98 Å². The van der Waals surface area contributed by atoms with Crippen molar-refractivity contribution < 1.29 is 4.74 Å². The number of hydrogen-bond acceptors (Lipinski definition) is 5. The van der Waals surface area contributed by atoms with Crippen molar-refractivity contribution >= 4 is 11.3 Å². The van der Waals surface area contributed by atoms with Gasteiger partial charge in [-0.25, -0.2) is 4.98 Å². The molecule has 0 amide bonds. The van der Waals surface area contributed by atoms with Crippen molar-refractivity contribution in [3.8, 4) is 21.8 Å². The van der Waals surface area contributed by atoms with Gasteiger partial charge in [-0.15, -0.1) is 11.3 Å². The van der Waals surface area contributed by atoms with Crippen LogP contribution in [0.2, 0.25) is 0 Å². The lowest BCUT2D eigenvalue weighted by atomic mass is 10.1. The van der Waals surface area contributed by atoms with Crippen LogP contribution in [0.4, 0.5) is 0 Å². The van der Waals surface area contributed by atoms with Crippen LogP contribution in [0.25, 0.3) is 21.8 Å². The largest absolute Gasteiger partial charge is 0.376 e. The number of hydrogen-bond donors (Lipinski definition) is 1. The van der Waals surface area contributed by atoms with Crippen LogP contribution in [0.5, 0.6) is 0 Å². The summed E-state index contributed by atoms with van der Waals surface area (Å²) in [5.41, 5.74) is 4.69. The first-order valence-electron chi connectivity index (χ1n) is 9.15. The van der Waals surface area contributed by atoms with E-state index in [1.807, 2.05) is 18.7 Å².